The molecule has 0 aliphatic carbocycles. The average molecular weight is 375 g/mol. The predicted molar refractivity (Wildman–Crippen MR) is 88.5 cm³/mol. The van der Waals surface area contributed by atoms with Crippen LogP contribution in [0.1, 0.15) is 10.4 Å². The second-order valence-electron chi connectivity index (χ2n) is 4.41. The summed E-state index contributed by atoms with van der Waals surface area (Å²) in [6.07, 6.45) is 0. The number of hydrogen-bond acceptors (Lipinski definition) is 4. The Bertz CT molecular complexity index is 764. The van der Waals surface area contributed by atoms with Crippen LogP contribution in [0.5, 0.6) is 5.75 Å². The van der Waals surface area contributed by atoms with E-state index in [2.05, 4.69) is 5.32 Å². The van der Waals surface area contributed by atoms with Gasteiger partial charge in [0.25, 0.3) is 5.91 Å². The van der Waals surface area contributed by atoms with E-state index in [1.807, 2.05) is 0 Å². The van der Waals surface area contributed by atoms with Gasteiger partial charge in [0.15, 0.2) is 6.61 Å². The topological polar surface area (TPSA) is 75.6 Å². The van der Waals surface area contributed by atoms with E-state index in [0.717, 1.165) is 0 Å². The maximum atomic E-state index is 11.8. The summed E-state index contributed by atoms with van der Waals surface area (Å²) in [4.78, 5) is 23.6. The van der Waals surface area contributed by atoms with Crippen molar-refractivity contribution in [3.8, 4) is 5.75 Å². The lowest BCUT2D eigenvalue weighted by molar-refractivity contribution is -0.119. The molecule has 2 aromatic rings. The molecule has 23 heavy (non-hydrogen) atoms. The molecule has 2 N–H and O–H groups in total. The number of amides is 1. The second kappa shape index (κ2) is 7.55. The van der Waals surface area contributed by atoms with Gasteiger partial charge in [-0.15, -0.1) is 0 Å². The number of aromatic hydroxyl groups is 1. The number of carbonyl (C=O) groups is 2. The summed E-state index contributed by atoms with van der Waals surface area (Å²) in [7, 11) is 0. The van der Waals surface area contributed by atoms with Crippen LogP contribution < -0.4 is 5.32 Å². The first kappa shape index (κ1) is 17.4. The molecule has 0 aliphatic heterocycles. The molecule has 2 aromatic carbocycles. The smallest absolute Gasteiger partial charge is 0.342 e. The van der Waals surface area contributed by atoms with Crippen molar-refractivity contribution in [3.63, 3.8) is 0 Å². The van der Waals surface area contributed by atoms with Gasteiger partial charge in [-0.2, -0.15) is 0 Å². The van der Waals surface area contributed by atoms with E-state index in [9.17, 15) is 14.7 Å². The lowest BCUT2D eigenvalue weighted by Crippen LogP contribution is -2.21. The predicted octanol–water partition coefficient (Wildman–Crippen LogP) is 4.15. The quantitative estimate of drug-likeness (QED) is 0.788. The number of ether oxygens (including phenoxy) is 1. The van der Waals surface area contributed by atoms with Gasteiger partial charge in [0.2, 0.25) is 0 Å². The molecule has 0 saturated carbocycles. The summed E-state index contributed by atoms with van der Waals surface area (Å²) in [6.45, 7) is -0.542. The lowest BCUT2D eigenvalue weighted by Gasteiger charge is -2.09. The maximum absolute atomic E-state index is 11.8. The van der Waals surface area contributed by atoms with Crippen molar-refractivity contribution in [1.82, 2.24) is 0 Å². The molecule has 0 aliphatic rings. The van der Waals surface area contributed by atoms with Gasteiger partial charge in [-0.05, 0) is 36.4 Å². The van der Waals surface area contributed by atoms with E-state index in [1.165, 1.54) is 30.3 Å². The van der Waals surface area contributed by atoms with Gasteiger partial charge in [-0.25, -0.2) is 4.79 Å². The van der Waals surface area contributed by atoms with Crippen LogP contribution in [0, 0.1) is 0 Å². The number of hydrogen-bond donors (Lipinski definition) is 2. The molecule has 2 rings (SSSR count). The van der Waals surface area contributed by atoms with Crippen LogP contribution in [-0.2, 0) is 9.53 Å². The molecule has 0 radical (unpaired) electrons. The number of rotatable bonds is 4. The highest BCUT2D eigenvalue weighted by Crippen LogP contribution is 2.25. The van der Waals surface area contributed by atoms with Gasteiger partial charge in [0.1, 0.15) is 11.3 Å². The Morgan fingerprint density at radius 3 is 2.35 bits per heavy atom. The van der Waals surface area contributed by atoms with E-state index >= 15 is 0 Å². The molecule has 0 saturated heterocycles. The minimum absolute atomic E-state index is 0.0910. The maximum Gasteiger partial charge on any atom is 0.342 e. The zero-order valence-corrected chi connectivity index (χ0v) is 13.7. The second-order valence-corrected chi connectivity index (χ2v) is 5.69. The summed E-state index contributed by atoms with van der Waals surface area (Å²) >= 11 is 17.3. The molecule has 0 heterocycles. The van der Waals surface area contributed by atoms with Gasteiger partial charge >= 0.3 is 5.97 Å². The summed E-state index contributed by atoms with van der Waals surface area (Å²) in [5, 5.41) is 13.0. The van der Waals surface area contributed by atoms with Crippen molar-refractivity contribution in [2.75, 3.05) is 11.9 Å². The number of esters is 1. The first-order chi connectivity index (χ1) is 10.9. The highest BCUT2D eigenvalue weighted by molar-refractivity contribution is 6.36. The molecule has 120 valence electrons. The molecule has 5 nitrogen and oxygen atoms in total. The van der Waals surface area contributed by atoms with Gasteiger partial charge in [0.05, 0.1) is 10.7 Å². The number of anilines is 1. The van der Waals surface area contributed by atoms with Gasteiger partial charge < -0.3 is 15.2 Å². The van der Waals surface area contributed by atoms with Crippen molar-refractivity contribution in [2.45, 2.75) is 0 Å². The van der Waals surface area contributed by atoms with Crippen LogP contribution >= 0.6 is 34.8 Å². The number of phenolic OH excluding ortho intramolecular Hbond substituents is 1. The Labute approximate surface area is 146 Å². The van der Waals surface area contributed by atoms with E-state index in [0.29, 0.717) is 10.7 Å². The summed E-state index contributed by atoms with van der Waals surface area (Å²) in [5.41, 5.74) is 0.248. The third-order valence-electron chi connectivity index (χ3n) is 2.72. The van der Waals surface area contributed by atoms with Crippen molar-refractivity contribution in [1.29, 1.82) is 0 Å². The summed E-state index contributed by atoms with van der Waals surface area (Å²) in [6, 6.07) is 8.47. The van der Waals surface area contributed by atoms with Crippen LogP contribution in [0.4, 0.5) is 5.69 Å². The Morgan fingerprint density at radius 1 is 1.04 bits per heavy atom. The van der Waals surface area contributed by atoms with Crippen LogP contribution in [-0.4, -0.2) is 23.6 Å². The molecular formula is C15H10Cl3NO4. The van der Waals surface area contributed by atoms with Gasteiger partial charge in [-0.1, -0.05) is 34.8 Å². The fraction of sp³-hybridized carbons (Fsp3) is 0.0667. The average Bonchev–Trinajstić information content (AvgIpc) is 2.48. The number of nitrogens with one attached hydrogen (secondary N) is 1. The SMILES string of the molecule is O=C(COC(=O)c1ccc(Cl)cc1O)Nc1ccc(Cl)cc1Cl. The molecule has 0 bridgehead atoms. The number of benzene rings is 2. The zero-order valence-electron chi connectivity index (χ0n) is 11.5. The molecule has 1 amide bonds. The normalized spacial score (nSPS) is 10.2. The van der Waals surface area contributed by atoms with E-state index in [4.69, 9.17) is 39.5 Å². The van der Waals surface area contributed by atoms with Gasteiger partial charge in [0, 0.05) is 10.0 Å². The molecule has 8 heteroatoms. The van der Waals surface area contributed by atoms with Crippen molar-refractivity contribution >= 4 is 52.4 Å². The largest absolute Gasteiger partial charge is 0.507 e. The minimum atomic E-state index is -0.850. The van der Waals surface area contributed by atoms with Gasteiger partial charge in [-0.3, -0.25) is 4.79 Å². The molecule has 0 spiro atoms. The summed E-state index contributed by atoms with van der Waals surface area (Å²) in [5.74, 6) is -1.77. The standard InChI is InChI=1S/C15H10Cl3NO4/c16-8-2-4-12(11(18)5-8)19-14(21)7-23-15(22)10-3-1-9(17)6-13(10)20/h1-6,20H,7H2,(H,19,21). The molecular weight excluding hydrogens is 365 g/mol. The van der Waals surface area contributed by atoms with Crippen LogP contribution in [0.15, 0.2) is 36.4 Å². The fourth-order valence-corrected chi connectivity index (χ4v) is 2.29. The Kier molecular flexibility index (Phi) is 5.71. The van der Waals surface area contributed by atoms with E-state index in [1.54, 1.807) is 6.07 Å². The molecule has 0 atom stereocenters. The first-order valence-corrected chi connectivity index (χ1v) is 7.41. The van der Waals surface area contributed by atoms with E-state index < -0.39 is 18.5 Å². The van der Waals surface area contributed by atoms with Crippen molar-refractivity contribution < 1.29 is 19.4 Å². The Balaban J connectivity index is 1.94. The molecule has 0 fully saturated rings. The number of phenols is 1. The van der Waals surface area contributed by atoms with Crippen molar-refractivity contribution in [2.24, 2.45) is 0 Å². The van der Waals surface area contributed by atoms with E-state index in [-0.39, 0.29) is 21.4 Å². The monoisotopic (exact) mass is 373 g/mol. The molecule has 0 aromatic heterocycles. The Hall–Kier alpha value is -1.95. The van der Waals surface area contributed by atoms with Crippen LogP contribution in [0.2, 0.25) is 15.1 Å². The minimum Gasteiger partial charge on any atom is -0.507 e. The summed E-state index contributed by atoms with van der Waals surface area (Å²) < 4.78 is 4.82. The van der Waals surface area contributed by atoms with Crippen LogP contribution in [0.25, 0.3) is 0 Å². The Morgan fingerprint density at radius 2 is 1.70 bits per heavy atom. The van der Waals surface area contributed by atoms with Crippen molar-refractivity contribution in [3.05, 3.63) is 57.0 Å². The number of halogens is 3. The highest BCUT2D eigenvalue weighted by atomic mass is 35.5. The zero-order chi connectivity index (χ0) is 17.0. The number of carbonyl (C=O) groups excluding carboxylic acids is 2. The third kappa shape index (κ3) is 4.76. The highest BCUT2D eigenvalue weighted by Gasteiger charge is 2.15. The third-order valence-corrected chi connectivity index (χ3v) is 3.50. The molecule has 0 unspecified atom stereocenters. The lowest BCUT2D eigenvalue weighted by atomic mass is 10.2. The fourth-order valence-electron chi connectivity index (χ4n) is 1.66. The van der Waals surface area contributed by atoms with Crippen LogP contribution in [0.3, 0.4) is 0 Å². The first-order valence-electron chi connectivity index (χ1n) is 6.27.